The second kappa shape index (κ2) is 4.14. The molecule has 0 unspecified atom stereocenters. The predicted octanol–water partition coefficient (Wildman–Crippen LogP) is 3.45. The highest BCUT2D eigenvalue weighted by Crippen LogP contribution is 2.33. The van der Waals surface area contributed by atoms with Gasteiger partial charge in [0.2, 0.25) is 0 Å². The fourth-order valence-corrected chi connectivity index (χ4v) is 1.88. The first-order chi connectivity index (χ1) is 7.50. The second-order valence-corrected chi connectivity index (χ2v) is 3.95. The first-order valence-corrected chi connectivity index (χ1v) is 5.00. The van der Waals surface area contributed by atoms with Crippen molar-refractivity contribution in [2.45, 2.75) is 13.1 Å². The summed E-state index contributed by atoms with van der Waals surface area (Å²) in [6.07, 6.45) is 2.33. The minimum absolute atomic E-state index is 0.0182. The van der Waals surface area contributed by atoms with E-state index in [0.29, 0.717) is 10.5 Å². The van der Waals surface area contributed by atoms with Crippen LogP contribution in [0.25, 0.3) is 5.03 Å². The molecule has 2 heterocycles. The molecule has 0 aliphatic carbocycles. The molecule has 0 radical (unpaired) electrons. The van der Waals surface area contributed by atoms with E-state index >= 15 is 0 Å². The molecule has 1 aromatic rings. The van der Waals surface area contributed by atoms with Crippen molar-refractivity contribution in [1.82, 2.24) is 9.88 Å². The minimum Gasteiger partial charge on any atom is -0.317 e. The monoisotopic (exact) mass is 268 g/mol. The number of alkyl halides is 2. The number of rotatable bonds is 1. The molecule has 16 heavy (non-hydrogen) atoms. The first kappa shape index (κ1) is 11.5. The maximum atomic E-state index is 13.5. The van der Waals surface area contributed by atoms with E-state index in [1.807, 2.05) is 0 Å². The summed E-state index contributed by atoms with van der Waals surface area (Å²) in [5, 5.41) is -0.330. The first-order valence-electron chi connectivity index (χ1n) is 4.25. The normalized spacial score (nSPS) is 15.1. The SMILES string of the molecule is Fc1c(Cl)ncc2c1CN(C(F)F)C=C2Cl. The molecule has 0 amide bonds. The zero-order valence-electron chi connectivity index (χ0n) is 7.72. The third kappa shape index (κ3) is 1.85. The van der Waals surface area contributed by atoms with E-state index in [9.17, 15) is 13.2 Å². The molecular weight excluding hydrogens is 264 g/mol. The van der Waals surface area contributed by atoms with Gasteiger partial charge in [-0.2, -0.15) is 8.78 Å². The second-order valence-electron chi connectivity index (χ2n) is 3.18. The number of halogens is 5. The minimum atomic E-state index is -2.74. The predicted molar refractivity (Wildman–Crippen MR) is 54.6 cm³/mol. The van der Waals surface area contributed by atoms with E-state index < -0.39 is 12.4 Å². The van der Waals surface area contributed by atoms with E-state index in [1.165, 1.54) is 6.20 Å². The lowest BCUT2D eigenvalue weighted by atomic mass is 10.1. The van der Waals surface area contributed by atoms with Gasteiger partial charge in [0.15, 0.2) is 11.0 Å². The molecule has 1 aliphatic rings. The van der Waals surface area contributed by atoms with Crippen molar-refractivity contribution in [3.05, 3.63) is 34.5 Å². The van der Waals surface area contributed by atoms with E-state index in [-0.39, 0.29) is 22.3 Å². The standard InChI is InChI=1S/C9H5Cl2F3N2/c10-6-3-16(9(13)14)2-5-4(6)1-15-8(11)7(5)12/h1,3,9H,2H2. The number of pyridine rings is 1. The molecule has 0 spiro atoms. The Kier molecular flexibility index (Phi) is 2.99. The maximum absolute atomic E-state index is 13.5. The molecular formula is C9H5Cl2F3N2. The number of hydrogen-bond donors (Lipinski definition) is 0. The highest BCUT2D eigenvalue weighted by Gasteiger charge is 2.25. The van der Waals surface area contributed by atoms with Crippen molar-refractivity contribution in [3.63, 3.8) is 0 Å². The fourth-order valence-electron chi connectivity index (χ4n) is 1.43. The molecule has 1 aliphatic heterocycles. The van der Waals surface area contributed by atoms with E-state index in [2.05, 4.69) is 4.98 Å². The smallest absolute Gasteiger partial charge is 0.315 e. The summed E-state index contributed by atoms with van der Waals surface area (Å²) in [5.74, 6) is -0.809. The van der Waals surface area contributed by atoms with Crippen LogP contribution in [0.5, 0.6) is 0 Å². The van der Waals surface area contributed by atoms with Gasteiger partial charge in [-0.1, -0.05) is 23.2 Å². The topological polar surface area (TPSA) is 16.1 Å². The van der Waals surface area contributed by atoms with Crippen LogP contribution in [0.3, 0.4) is 0 Å². The molecule has 7 heteroatoms. The van der Waals surface area contributed by atoms with Crippen molar-refractivity contribution < 1.29 is 13.2 Å². The summed E-state index contributed by atoms with van der Waals surface area (Å²) < 4.78 is 38.5. The van der Waals surface area contributed by atoms with Gasteiger partial charge in [0, 0.05) is 23.5 Å². The molecule has 0 saturated heterocycles. The van der Waals surface area contributed by atoms with Crippen LogP contribution >= 0.6 is 23.2 Å². The van der Waals surface area contributed by atoms with Crippen molar-refractivity contribution in [1.29, 1.82) is 0 Å². The number of fused-ring (bicyclic) bond motifs is 1. The molecule has 2 rings (SSSR count). The Hall–Kier alpha value is -0.940. The molecule has 0 aromatic carbocycles. The zero-order chi connectivity index (χ0) is 11.9. The van der Waals surface area contributed by atoms with Crippen LogP contribution in [0.15, 0.2) is 12.4 Å². The molecule has 86 valence electrons. The van der Waals surface area contributed by atoms with Gasteiger partial charge >= 0.3 is 6.55 Å². The van der Waals surface area contributed by atoms with Crippen LogP contribution in [0.4, 0.5) is 13.2 Å². The molecule has 0 bridgehead atoms. The Morgan fingerprint density at radius 1 is 1.38 bits per heavy atom. The lowest BCUT2D eigenvalue weighted by Crippen LogP contribution is -2.27. The van der Waals surface area contributed by atoms with Gasteiger partial charge < -0.3 is 4.90 Å². The third-order valence-corrected chi connectivity index (χ3v) is 2.77. The highest BCUT2D eigenvalue weighted by atomic mass is 35.5. The summed E-state index contributed by atoms with van der Waals surface area (Å²) >= 11 is 11.2. The fraction of sp³-hybridized carbons (Fsp3) is 0.222. The van der Waals surface area contributed by atoms with Gasteiger partial charge in [0.05, 0.1) is 11.6 Å². The van der Waals surface area contributed by atoms with Crippen molar-refractivity contribution >= 4 is 28.2 Å². The maximum Gasteiger partial charge on any atom is 0.315 e. The van der Waals surface area contributed by atoms with Crippen LogP contribution in [0, 0.1) is 5.82 Å². The Balaban J connectivity index is 2.52. The average Bonchev–Trinajstić information content (AvgIpc) is 2.23. The Labute approximate surface area is 99.3 Å². The number of hydrogen-bond acceptors (Lipinski definition) is 2. The van der Waals surface area contributed by atoms with Gasteiger partial charge in [-0.05, 0) is 0 Å². The molecule has 0 fully saturated rings. The summed E-state index contributed by atoms with van der Waals surface area (Å²) in [7, 11) is 0. The van der Waals surface area contributed by atoms with Gasteiger partial charge in [0.25, 0.3) is 0 Å². The molecule has 0 N–H and O–H groups in total. The summed E-state index contributed by atoms with van der Waals surface area (Å²) in [6.45, 7) is -3.02. The van der Waals surface area contributed by atoms with Crippen LogP contribution in [0.1, 0.15) is 11.1 Å². The van der Waals surface area contributed by atoms with Crippen LogP contribution in [0.2, 0.25) is 5.15 Å². The summed E-state index contributed by atoms with van der Waals surface area (Å²) in [5.41, 5.74) is 0.327. The van der Waals surface area contributed by atoms with E-state index in [4.69, 9.17) is 23.2 Å². The lowest BCUT2D eigenvalue weighted by molar-refractivity contribution is -0.0000899. The number of aromatic nitrogens is 1. The zero-order valence-corrected chi connectivity index (χ0v) is 9.24. The van der Waals surface area contributed by atoms with Gasteiger partial charge in [-0.3, -0.25) is 0 Å². The third-order valence-electron chi connectivity index (χ3n) is 2.21. The average molecular weight is 269 g/mol. The molecule has 1 aromatic heterocycles. The summed E-state index contributed by atoms with van der Waals surface area (Å²) in [6, 6.07) is 0. The highest BCUT2D eigenvalue weighted by molar-refractivity contribution is 6.49. The molecule has 2 nitrogen and oxygen atoms in total. The van der Waals surface area contributed by atoms with Gasteiger partial charge in [0.1, 0.15) is 0 Å². The van der Waals surface area contributed by atoms with E-state index in [0.717, 1.165) is 6.20 Å². The number of nitrogens with zero attached hydrogens (tertiary/aromatic N) is 2. The largest absolute Gasteiger partial charge is 0.317 e. The van der Waals surface area contributed by atoms with Crippen molar-refractivity contribution in [3.8, 4) is 0 Å². The lowest BCUT2D eigenvalue weighted by Gasteiger charge is -2.26. The summed E-state index contributed by atoms with van der Waals surface area (Å²) in [4.78, 5) is 4.20. The van der Waals surface area contributed by atoms with Crippen molar-refractivity contribution in [2.24, 2.45) is 0 Å². The van der Waals surface area contributed by atoms with Crippen LogP contribution in [-0.2, 0) is 6.54 Å². The quantitative estimate of drug-likeness (QED) is 0.573. The van der Waals surface area contributed by atoms with Crippen molar-refractivity contribution in [2.75, 3.05) is 0 Å². The van der Waals surface area contributed by atoms with Crippen LogP contribution in [-0.4, -0.2) is 16.4 Å². The molecule has 0 saturated carbocycles. The van der Waals surface area contributed by atoms with Crippen LogP contribution < -0.4 is 0 Å². The Morgan fingerprint density at radius 3 is 2.69 bits per heavy atom. The van der Waals surface area contributed by atoms with Gasteiger partial charge in [-0.15, -0.1) is 0 Å². The van der Waals surface area contributed by atoms with E-state index in [1.54, 1.807) is 0 Å². The van der Waals surface area contributed by atoms with Gasteiger partial charge in [-0.25, -0.2) is 9.37 Å². The molecule has 0 atom stereocenters. The Morgan fingerprint density at radius 2 is 2.06 bits per heavy atom. The Bertz CT molecular complexity index is 462.